The minimum atomic E-state index is -1.63. The average molecular weight is 733 g/mol. The molecule has 6 N–H and O–H groups in total. The zero-order valence-electron chi connectivity index (χ0n) is 33.1. The quantitative estimate of drug-likeness (QED) is 0.129. The molecular weight excluding hydrogens is 668 g/mol. The van der Waals surface area contributed by atoms with Gasteiger partial charge < -0.3 is 31.5 Å². The number of carboxylic acid groups (broad SMARTS) is 2. The Morgan fingerprint density at radius 1 is 0.692 bits per heavy atom. The normalized spacial score (nSPS) is 38.9. The topological polar surface area (TPSA) is 197 Å². The van der Waals surface area contributed by atoms with Gasteiger partial charge >= 0.3 is 24.0 Å². The maximum Gasteiger partial charge on any atom is 0.325 e. The average Bonchev–Trinajstić information content (AvgIpc) is 3.45. The Kier molecular flexibility index (Phi) is 11.3. The first-order valence-electron chi connectivity index (χ1n) is 19.3. The van der Waals surface area contributed by atoms with Crippen molar-refractivity contribution in [3.8, 4) is 0 Å². The molecule has 4 heterocycles. The van der Waals surface area contributed by atoms with Gasteiger partial charge in [0.05, 0.1) is 5.41 Å². The molecule has 0 radical (unpaired) electrons. The van der Waals surface area contributed by atoms with Crippen molar-refractivity contribution in [3.05, 3.63) is 0 Å². The van der Waals surface area contributed by atoms with Crippen LogP contribution in [0.5, 0.6) is 0 Å². The van der Waals surface area contributed by atoms with E-state index in [0.29, 0.717) is 12.8 Å². The second-order valence-corrected chi connectivity index (χ2v) is 17.5. The Morgan fingerprint density at radius 3 is 1.38 bits per heavy atom. The number of aliphatic carboxylic acids is 2. The summed E-state index contributed by atoms with van der Waals surface area (Å²) >= 11 is 0. The van der Waals surface area contributed by atoms with Crippen LogP contribution in [0.1, 0.15) is 140 Å². The number of rotatable bonds is 15. The van der Waals surface area contributed by atoms with Gasteiger partial charge in [0.2, 0.25) is 0 Å². The predicted molar refractivity (Wildman–Crippen MR) is 195 cm³/mol. The number of hydrogen-bond acceptors (Lipinski definition) is 8. The lowest BCUT2D eigenvalue weighted by molar-refractivity contribution is -0.153. The van der Waals surface area contributed by atoms with Gasteiger partial charge in [-0.05, 0) is 91.9 Å². The van der Waals surface area contributed by atoms with Crippen molar-refractivity contribution in [2.45, 2.75) is 173 Å². The van der Waals surface area contributed by atoms with Gasteiger partial charge in [-0.1, -0.05) is 41.5 Å². The van der Waals surface area contributed by atoms with E-state index < -0.39 is 74.5 Å². The summed E-state index contributed by atoms with van der Waals surface area (Å²) < 4.78 is 0. The van der Waals surface area contributed by atoms with Gasteiger partial charge in [-0.2, -0.15) is 0 Å². The molecule has 52 heavy (non-hydrogen) atoms. The van der Waals surface area contributed by atoms with Crippen molar-refractivity contribution in [1.82, 2.24) is 31.1 Å². The third-order valence-corrected chi connectivity index (χ3v) is 14.5. The lowest BCUT2D eigenvalue weighted by atomic mass is 9.61. The summed E-state index contributed by atoms with van der Waals surface area (Å²) in [4.78, 5) is 83.0. The molecule has 4 fully saturated rings. The zero-order chi connectivity index (χ0) is 39.3. The summed E-state index contributed by atoms with van der Waals surface area (Å²) in [6, 6.07) is -1.18. The smallest absolute Gasteiger partial charge is 0.325 e. The fourth-order valence-electron chi connectivity index (χ4n) is 9.97. The van der Waals surface area contributed by atoms with E-state index in [2.05, 4.69) is 35.1 Å². The highest BCUT2D eigenvalue weighted by atomic mass is 16.4. The molecule has 4 saturated heterocycles. The monoisotopic (exact) mass is 732 g/mol. The van der Waals surface area contributed by atoms with Gasteiger partial charge in [0.25, 0.3) is 11.8 Å². The molecule has 0 aromatic heterocycles. The maximum absolute atomic E-state index is 14.4. The van der Waals surface area contributed by atoms with Crippen molar-refractivity contribution in [2.24, 2.45) is 17.3 Å². The lowest BCUT2D eigenvalue weighted by Gasteiger charge is -2.56. The van der Waals surface area contributed by atoms with E-state index in [4.69, 9.17) is 0 Å². The molecule has 0 bridgehead atoms. The van der Waals surface area contributed by atoms with Crippen LogP contribution in [-0.2, 0) is 19.2 Å². The first-order chi connectivity index (χ1) is 24.0. The van der Waals surface area contributed by atoms with Crippen LogP contribution in [0.25, 0.3) is 0 Å². The molecule has 0 aromatic carbocycles. The molecule has 0 aromatic rings. The van der Waals surface area contributed by atoms with Gasteiger partial charge in [0.15, 0.2) is 0 Å². The number of carbonyl (C=O) groups is 6. The number of carboxylic acids is 2. The van der Waals surface area contributed by atoms with Crippen molar-refractivity contribution in [3.63, 3.8) is 0 Å². The Balaban J connectivity index is 1.62. The molecule has 294 valence electrons. The summed E-state index contributed by atoms with van der Waals surface area (Å²) in [5.74, 6) is -3.67. The molecule has 2 spiro atoms. The lowest BCUT2D eigenvalue weighted by Crippen LogP contribution is -2.74. The van der Waals surface area contributed by atoms with Gasteiger partial charge in [-0.15, -0.1) is 0 Å². The third kappa shape index (κ3) is 6.82. The molecule has 0 aliphatic carbocycles. The minimum absolute atomic E-state index is 0.0224. The maximum atomic E-state index is 14.4. The fourth-order valence-corrected chi connectivity index (χ4v) is 9.97. The highest BCUT2D eigenvalue weighted by molar-refractivity contribution is 6.08. The van der Waals surface area contributed by atoms with Crippen molar-refractivity contribution < 1.29 is 39.0 Å². The summed E-state index contributed by atoms with van der Waals surface area (Å²) in [7, 11) is 0. The second kappa shape index (κ2) is 14.2. The highest BCUT2D eigenvalue weighted by Gasteiger charge is 2.65. The summed E-state index contributed by atoms with van der Waals surface area (Å²) in [6.07, 6.45) is 2.94. The SMILES string of the molecule is CCC1(C)CC2(NC(=O)N(CCC(CCCC(=O)O)(CCN3C(=O)NC4(CC(C)(CC)NC(C)(CC)C4C)C3=O)C(=O)O)C2=O)C(C)C(C)(CC)N1. The molecule has 8 unspecified atom stereocenters. The Hall–Kier alpha value is -3.26. The predicted octanol–water partition coefficient (Wildman–Crippen LogP) is 4.61. The van der Waals surface area contributed by atoms with E-state index in [-0.39, 0.29) is 57.0 Å². The van der Waals surface area contributed by atoms with E-state index in [0.717, 1.165) is 35.5 Å². The Labute approximate surface area is 308 Å². The van der Waals surface area contributed by atoms with Crippen molar-refractivity contribution >= 4 is 35.8 Å². The zero-order valence-corrected chi connectivity index (χ0v) is 33.1. The largest absolute Gasteiger partial charge is 0.481 e. The summed E-state index contributed by atoms with van der Waals surface area (Å²) in [5, 5.41) is 33.7. The molecule has 4 rings (SSSR count). The molecule has 8 atom stereocenters. The second-order valence-electron chi connectivity index (χ2n) is 17.5. The molecule has 0 saturated carbocycles. The number of piperidine rings is 2. The fraction of sp³-hybridized carbons (Fsp3) is 0.842. The van der Waals surface area contributed by atoms with Crippen LogP contribution >= 0.6 is 0 Å². The summed E-state index contributed by atoms with van der Waals surface area (Å²) in [6.45, 7) is 19.9. The number of carbonyl (C=O) groups excluding carboxylic acids is 4. The van der Waals surface area contributed by atoms with Crippen LogP contribution in [0.15, 0.2) is 0 Å². The Bertz CT molecular complexity index is 1390. The number of hydrogen-bond donors (Lipinski definition) is 6. The van der Waals surface area contributed by atoms with Crippen LogP contribution in [0, 0.1) is 17.3 Å². The summed E-state index contributed by atoms with van der Waals surface area (Å²) in [5.41, 5.74) is -5.80. The molecule has 14 heteroatoms. The van der Waals surface area contributed by atoms with Crippen LogP contribution in [0.2, 0.25) is 0 Å². The van der Waals surface area contributed by atoms with E-state index in [1.54, 1.807) is 0 Å². The van der Waals surface area contributed by atoms with Crippen LogP contribution in [0.3, 0.4) is 0 Å². The number of amides is 6. The number of imide groups is 2. The van der Waals surface area contributed by atoms with Gasteiger partial charge in [0.1, 0.15) is 11.1 Å². The molecule has 14 nitrogen and oxygen atoms in total. The molecular formula is C38H64N6O8. The minimum Gasteiger partial charge on any atom is -0.481 e. The van der Waals surface area contributed by atoms with Gasteiger partial charge in [-0.25, -0.2) is 9.59 Å². The standard InChI is InChI=1S/C38H64N6O8/c1-11-32(7)22-37(24(5)34(9,13-3)41-32)27(47)43(30(51)39-37)20-18-36(29(49)50,17-15-16-26(45)46)19-21-44-28(48)38(40-31(44)52)23-33(8,12-2)42-35(10,14-4)25(38)6/h24-25,41-42H,11-23H2,1-10H3,(H,39,51)(H,40,52)(H,45,46)(H,49,50). The Morgan fingerprint density at radius 2 is 1.08 bits per heavy atom. The number of nitrogens with one attached hydrogen (secondary N) is 4. The first kappa shape index (κ1) is 41.5. The van der Waals surface area contributed by atoms with Crippen molar-refractivity contribution in [2.75, 3.05) is 13.1 Å². The first-order valence-corrected chi connectivity index (χ1v) is 19.3. The van der Waals surface area contributed by atoms with Crippen LogP contribution in [-0.4, -0.2) is 102 Å². The van der Waals surface area contributed by atoms with Gasteiger partial charge in [0, 0.05) is 53.5 Å². The number of nitrogens with zero attached hydrogens (tertiary/aromatic N) is 2. The van der Waals surface area contributed by atoms with Gasteiger partial charge in [-0.3, -0.25) is 29.0 Å². The van der Waals surface area contributed by atoms with Crippen LogP contribution in [0.4, 0.5) is 9.59 Å². The van der Waals surface area contributed by atoms with E-state index >= 15 is 0 Å². The highest BCUT2D eigenvalue weighted by Crippen LogP contribution is 2.48. The number of urea groups is 2. The molecule has 4 aliphatic rings. The van der Waals surface area contributed by atoms with Crippen molar-refractivity contribution in [1.29, 1.82) is 0 Å². The van der Waals surface area contributed by atoms with E-state index in [1.165, 1.54) is 0 Å². The molecule has 4 aliphatic heterocycles. The van der Waals surface area contributed by atoms with E-state index in [9.17, 15) is 39.0 Å². The van der Waals surface area contributed by atoms with E-state index in [1.807, 2.05) is 55.4 Å². The third-order valence-electron chi connectivity index (χ3n) is 14.5. The molecule has 6 amide bonds. The van der Waals surface area contributed by atoms with Crippen LogP contribution < -0.4 is 21.3 Å².